The highest BCUT2D eigenvalue weighted by Gasteiger charge is 2.41. The number of hydrogen-bond donors (Lipinski definition) is 0. The highest BCUT2D eigenvalue weighted by Crippen LogP contribution is 2.31. The minimum Gasteiger partial charge on any atom is -0.269 e. The molecule has 0 radical (unpaired) electrons. The molecule has 1 aliphatic heterocycles. The van der Waals surface area contributed by atoms with Gasteiger partial charge in [0.05, 0.1) is 22.7 Å². The van der Waals surface area contributed by atoms with Crippen molar-refractivity contribution in [3.63, 3.8) is 0 Å². The lowest BCUT2D eigenvalue weighted by Gasteiger charge is -2.13. The van der Waals surface area contributed by atoms with Gasteiger partial charge in [-0.05, 0) is 13.0 Å². The van der Waals surface area contributed by atoms with Crippen LogP contribution in [0.15, 0.2) is 34.4 Å². The van der Waals surface area contributed by atoms with Gasteiger partial charge in [-0.25, -0.2) is 4.98 Å². The van der Waals surface area contributed by atoms with Gasteiger partial charge >= 0.3 is 0 Å². The van der Waals surface area contributed by atoms with Gasteiger partial charge < -0.3 is 0 Å². The van der Waals surface area contributed by atoms with Crippen LogP contribution in [-0.2, 0) is 6.54 Å². The van der Waals surface area contributed by atoms with E-state index in [1.165, 1.54) is 40.0 Å². The number of thiazole rings is 1. The summed E-state index contributed by atoms with van der Waals surface area (Å²) < 4.78 is 1.43. The monoisotopic (exact) mass is 370 g/mol. The molecule has 3 aromatic rings. The second kappa shape index (κ2) is 5.56. The smallest absolute Gasteiger partial charge is 0.269 e. The maximum absolute atomic E-state index is 12.6. The van der Waals surface area contributed by atoms with Crippen molar-refractivity contribution in [3.05, 3.63) is 72.6 Å². The van der Waals surface area contributed by atoms with E-state index in [-0.39, 0.29) is 28.9 Å². The van der Waals surface area contributed by atoms with Gasteiger partial charge in [-0.3, -0.25) is 33.8 Å². The van der Waals surface area contributed by atoms with Gasteiger partial charge in [0.1, 0.15) is 5.56 Å². The molecular weight excluding hydrogens is 360 g/mol. The van der Waals surface area contributed by atoms with E-state index in [2.05, 4.69) is 4.98 Å². The molecule has 130 valence electrons. The van der Waals surface area contributed by atoms with Crippen LogP contribution in [0.5, 0.6) is 0 Å². The summed E-state index contributed by atoms with van der Waals surface area (Å²) in [6.45, 7) is 1.54. The number of nitro groups is 1. The third kappa shape index (κ3) is 2.23. The number of benzene rings is 1. The summed E-state index contributed by atoms with van der Waals surface area (Å²) in [4.78, 5) is 53.4. The van der Waals surface area contributed by atoms with Crippen LogP contribution in [0.3, 0.4) is 0 Å². The molecule has 0 fully saturated rings. The molecule has 4 rings (SSSR count). The summed E-state index contributed by atoms with van der Waals surface area (Å²) in [6.07, 6.45) is 0. The molecule has 0 spiro atoms. The molecule has 26 heavy (non-hydrogen) atoms. The van der Waals surface area contributed by atoms with Crippen LogP contribution in [0, 0.1) is 17.0 Å². The van der Waals surface area contributed by atoms with E-state index < -0.39 is 22.4 Å². The van der Waals surface area contributed by atoms with Crippen molar-refractivity contribution in [2.24, 2.45) is 0 Å². The van der Waals surface area contributed by atoms with E-state index in [4.69, 9.17) is 0 Å². The molecule has 0 saturated heterocycles. The maximum atomic E-state index is 12.6. The van der Waals surface area contributed by atoms with Gasteiger partial charge in [0.25, 0.3) is 23.1 Å². The topological polar surface area (TPSA) is 115 Å². The molecule has 0 N–H and O–H groups in total. The number of carbonyl (C=O) groups is 2. The van der Waals surface area contributed by atoms with Crippen LogP contribution in [0.4, 0.5) is 5.69 Å². The molecule has 2 aromatic heterocycles. The van der Waals surface area contributed by atoms with E-state index in [0.717, 1.165) is 10.6 Å². The molecule has 1 aromatic carbocycles. The van der Waals surface area contributed by atoms with Crippen LogP contribution in [0.2, 0.25) is 0 Å². The summed E-state index contributed by atoms with van der Waals surface area (Å²) in [5.74, 6) is -1.40. The largest absolute Gasteiger partial charge is 0.282 e. The molecule has 9 nitrogen and oxygen atoms in total. The Labute approximate surface area is 149 Å². The van der Waals surface area contributed by atoms with E-state index >= 15 is 0 Å². The molecule has 0 aliphatic carbocycles. The fourth-order valence-electron chi connectivity index (χ4n) is 2.96. The van der Waals surface area contributed by atoms with Crippen LogP contribution in [-0.4, -0.2) is 31.0 Å². The van der Waals surface area contributed by atoms with E-state index in [1.807, 2.05) is 0 Å². The van der Waals surface area contributed by atoms with Gasteiger partial charge in [0.2, 0.25) is 0 Å². The van der Waals surface area contributed by atoms with Crippen molar-refractivity contribution >= 4 is 33.8 Å². The minimum atomic E-state index is -0.762. The molecule has 0 atom stereocenters. The van der Waals surface area contributed by atoms with Crippen molar-refractivity contribution in [2.45, 2.75) is 13.5 Å². The average Bonchev–Trinajstić information content (AvgIpc) is 3.09. The normalized spacial score (nSPS) is 13.5. The van der Waals surface area contributed by atoms with Gasteiger partial charge in [0, 0.05) is 23.2 Å². The summed E-state index contributed by atoms with van der Waals surface area (Å²) >= 11 is 1.27. The zero-order valence-corrected chi connectivity index (χ0v) is 14.1. The zero-order valence-electron chi connectivity index (χ0n) is 13.3. The number of aryl methyl sites for hydroxylation is 1. The second-order valence-corrected chi connectivity index (χ2v) is 6.57. The standard InChI is InChI=1S/C16H10N4O5S/c1-8-7-26-16-17-9(5-12(21)19(8)16)6-18-14(22)10-3-2-4-11(20(24)25)13(10)15(18)23/h2-5,7H,6H2,1H3. The zero-order chi connectivity index (χ0) is 18.6. The van der Waals surface area contributed by atoms with Crippen LogP contribution < -0.4 is 5.56 Å². The number of aromatic nitrogens is 2. The Bertz CT molecular complexity index is 1180. The Balaban J connectivity index is 1.75. The van der Waals surface area contributed by atoms with Crippen molar-refractivity contribution in [3.8, 4) is 0 Å². The molecule has 0 bridgehead atoms. The summed E-state index contributed by atoms with van der Waals surface area (Å²) in [5, 5.41) is 12.9. The SMILES string of the molecule is Cc1csc2nc(CN3C(=O)c4cccc([N+](=O)[O-])c4C3=O)cc(=O)n12. The third-order valence-corrected chi connectivity index (χ3v) is 5.07. The number of carbonyl (C=O) groups excluding carboxylic acids is 2. The number of amides is 2. The number of hydrogen-bond acceptors (Lipinski definition) is 7. The summed E-state index contributed by atoms with van der Waals surface area (Å²) in [5.41, 5.74) is 0.00713. The van der Waals surface area contributed by atoms with E-state index in [0.29, 0.717) is 4.96 Å². The Kier molecular flexibility index (Phi) is 3.44. The Morgan fingerprint density at radius 3 is 2.73 bits per heavy atom. The highest BCUT2D eigenvalue weighted by molar-refractivity contribution is 7.15. The third-order valence-electron chi connectivity index (χ3n) is 4.12. The number of imide groups is 1. The Hall–Kier alpha value is -3.40. The first kappa shape index (κ1) is 16.1. The number of rotatable bonds is 3. The fourth-order valence-corrected chi connectivity index (χ4v) is 3.85. The molecular formula is C16H10N4O5S. The molecule has 10 heteroatoms. The van der Waals surface area contributed by atoms with Gasteiger partial charge in [-0.1, -0.05) is 6.07 Å². The minimum absolute atomic E-state index is 0.0195. The Morgan fingerprint density at radius 1 is 1.23 bits per heavy atom. The summed E-state index contributed by atoms with van der Waals surface area (Å²) in [6, 6.07) is 5.16. The molecule has 3 heterocycles. The predicted octanol–water partition coefficient (Wildman–Crippen LogP) is 1.77. The van der Waals surface area contributed by atoms with Gasteiger partial charge in [-0.2, -0.15) is 0 Å². The van der Waals surface area contributed by atoms with Crippen molar-refractivity contribution < 1.29 is 14.5 Å². The Morgan fingerprint density at radius 2 is 2.00 bits per heavy atom. The molecule has 0 saturated carbocycles. The first-order valence-electron chi connectivity index (χ1n) is 7.49. The number of nitrogens with zero attached hydrogens (tertiary/aromatic N) is 4. The van der Waals surface area contributed by atoms with Gasteiger partial charge in [-0.15, -0.1) is 11.3 Å². The van der Waals surface area contributed by atoms with Crippen molar-refractivity contribution in [1.29, 1.82) is 0 Å². The second-order valence-electron chi connectivity index (χ2n) is 5.73. The van der Waals surface area contributed by atoms with Crippen molar-refractivity contribution in [2.75, 3.05) is 0 Å². The van der Waals surface area contributed by atoms with Crippen LogP contribution in [0.25, 0.3) is 4.96 Å². The number of fused-ring (bicyclic) bond motifs is 2. The quantitative estimate of drug-likeness (QED) is 0.394. The number of nitro benzene ring substituents is 1. The van der Waals surface area contributed by atoms with Crippen LogP contribution >= 0.6 is 11.3 Å². The van der Waals surface area contributed by atoms with Crippen molar-refractivity contribution in [1.82, 2.24) is 14.3 Å². The predicted molar refractivity (Wildman–Crippen MR) is 91.4 cm³/mol. The van der Waals surface area contributed by atoms with E-state index in [1.54, 1.807) is 12.3 Å². The first-order chi connectivity index (χ1) is 12.4. The summed E-state index contributed by atoms with van der Waals surface area (Å²) in [7, 11) is 0. The van der Waals surface area contributed by atoms with Gasteiger partial charge in [0.15, 0.2) is 4.96 Å². The van der Waals surface area contributed by atoms with E-state index in [9.17, 15) is 24.5 Å². The lowest BCUT2D eigenvalue weighted by atomic mass is 10.1. The molecule has 2 amide bonds. The lowest BCUT2D eigenvalue weighted by molar-refractivity contribution is -0.385. The lowest BCUT2D eigenvalue weighted by Crippen LogP contribution is -2.30. The molecule has 0 unspecified atom stereocenters. The fraction of sp³-hybridized carbons (Fsp3) is 0.125. The first-order valence-corrected chi connectivity index (χ1v) is 8.37. The highest BCUT2D eigenvalue weighted by atomic mass is 32.1. The van der Waals surface area contributed by atoms with Crippen LogP contribution in [0.1, 0.15) is 32.1 Å². The maximum Gasteiger partial charge on any atom is 0.282 e. The average molecular weight is 370 g/mol. The molecule has 1 aliphatic rings.